The van der Waals surface area contributed by atoms with Gasteiger partial charge in [0.2, 0.25) is 5.91 Å². The molecule has 3 heterocycles. The highest BCUT2D eigenvalue weighted by molar-refractivity contribution is 7.15. The minimum absolute atomic E-state index is 0.242. The van der Waals surface area contributed by atoms with Gasteiger partial charge < -0.3 is 11.1 Å². The van der Waals surface area contributed by atoms with Crippen LogP contribution in [0.2, 0.25) is 0 Å². The van der Waals surface area contributed by atoms with Crippen LogP contribution in [-0.2, 0) is 0 Å². The lowest BCUT2D eigenvalue weighted by Gasteiger charge is -2.05. The molecule has 25 heavy (non-hydrogen) atoms. The molecule has 6 nitrogen and oxygen atoms in total. The van der Waals surface area contributed by atoms with Crippen LogP contribution in [0.1, 0.15) is 20.8 Å². The summed E-state index contributed by atoms with van der Waals surface area (Å²) in [5, 5.41) is 6.58. The van der Waals surface area contributed by atoms with E-state index >= 15 is 0 Å². The van der Waals surface area contributed by atoms with Crippen LogP contribution in [0.15, 0.2) is 53.4 Å². The van der Waals surface area contributed by atoms with Crippen LogP contribution in [0.4, 0.5) is 5.69 Å². The average molecular weight is 368 g/mol. The van der Waals surface area contributed by atoms with Crippen molar-refractivity contribution >= 4 is 45.1 Å². The van der Waals surface area contributed by atoms with Gasteiger partial charge in [0.05, 0.1) is 4.88 Å². The molecule has 4 aromatic rings. The summed E-state index contributed by atoms with van der Waals surface area (Å²) in [6, 6.07) is 10.4. The summed E-state index contributed by atoms with van der Waals surface area (Å²) < 4.78 is 1.78. The van der Waals surface area contributed by atoms with Gasteiger partial charge in [-0.2, -0.15) is 0 Å². The highest BCUT2D eigenvalue weighted by atomic mass is 32.1. The number of nitrogens with zero attached hydrogens (tertiary/aromatic N) is 2. The summed E-state index contributed by atoms with van der Waals surface area (Å²) in [6.07, 6.45) is 1.86. The number of aromatic nitrogens is 2. The fourth-order valence-electron chi connectivity index (χ4n) is 2.40. The number of carbonyl (C=O) groups excluding carboxylic acids is 2. The zero-order valence-corrected chi connectivity index (χ0v) is 14.4. The van der Waals surface area contributed by atoms with Gasteiger partial charge in [-0.1, -0.05) is 6.07 Å². The second-order valence-electron chi connectivity index (χ2n) is 5.27. The minimum Gasteiger partial charge on any atom is -0.366 e. The molecule has 124 valence electrons. The Morgan fingerprint density at radius 3 is 2.60 bits per heavy atom. The van der Waals surface area contributed by atoms with Crippen LogP contribution in [0, 0.1) is 0 Å². The van der Waals surface area contributed by atoms with E-state index in [9.17, 15) is 9.59 Å². The molecular formula is C17H12N4O2S2. The van der Waals surface area contributed by atoms with Crippen molar-refractivity contribution in [3.05, 3.63) is 64.6 Å². The Labute approximate surface area is 150 Å². The number of hydrogen-bond acceptors (Lipinski definition) is 5. The molecule has 0 radical (unpaired) electrons. The zero-order valence-electron chi connectivity index (χ0n) is 12.8. The summed E-state index contributed by atoms with van der Waals surface area (Å²) in [7, 11) is 0. The third-order valence-electron chi connectivity index (χ3n) is 3.64. The number of fused-ring (bicyclic) bond motifs is 1. The van der Waals surface area contributed by atoms with Crippen molar-refractivity contribution in [1.82, 2.24) is 9.38 Å². The van der Waals surface area contributed by atoms with Gasteiger partial charge in [-0.3, -0.25) is 14.0 Å². The first kappa shape index (κ1) is 15.6. The van der Waals surface area contributed by atoms with E-state index in [1.54, 1.807) is 45.4 Å². The highest BCUT2D eigenvalue weighted by Gasteiger charge is 2.16. The molecule has 0 unspecified atom stereocenters. The lowest BCUT2D eigenvalue weighted by atomic mass is 10.2. The largest absolute Gasteiger partial charge is 0.366 e. The van der Waals surface area contributed by atoms with E-state index in [2.05, 4.69) is 10.3 Å². The lowest BCUT2D eigenvalue weighted by molar-refractivity contribution is 0.0997. The summed E-state index contributed by atoms with van der Waals surface area (Å²) in [6.45, 7) is 0. The molecule has 1 aromatic carbocycles. The third kappa shape index (κ3) is 2.92. The molecule has 0 atom stereocenters. The van der Waals surface area contributed by atoms with E-state index in [0.29, 0.717) is 16.9 Å². The highest BCUT2D eigenvalue weighted by Crippen LogP contribution is 2.27. The van der Waals surface area contributed by atoms with Gasteiger partial charge >= 0.3 is 0 Å². The van der Waals surface area contributed by atoms with Crippen molar-refractivity contribution in [3.8, 4) is 10.6 Å². The fourth-order valence-corrected chi connectivity index (χ4v) is 3.94. The van der Waals surface area contributed by atoms with Crippen molar-refractivity contribution in [3.63, 3.8) is 0 Å². The normalized spacial score (nSPS) is 10.9. The van der Waals surface area contributed by atoms with Gasteiger partial charge in [-0.25, -0.2) is 4.98 Å². The lowest BCUT2D eigenvalue weighted by Crippen LogP contribution is -2.14. The number of imidazole rings is 1. The molecule has 0 spiro atoms. The number of nitrogens with two attached hydrogens (primary N) is 1. The fraction of sp³-hybridized carbons (Fsp3) is 0. The quantitative estimate of drug-likeness (QED) is 0.578. The molecule has 0 fully saturated rings. The Morgan fingerprint density at radius 1 is 1.12 bits per heavy atom. The van der Waals surface area contributed by atoms with E-state index in [0.717, 1.165) is 15.5 Å². The van der Waals surface area contributed by atoms with Crippen LogP contribution in [-0.4, -0.2) is 21.2 Å². The molecular weight excluding hydrogens is 356 g/mol. The number of anilines is 1. The van der Waals surface area contributed by atoms with Gasteiger partial charge in [-0.05, 0) is 35.7 Å². The Kier molecular flexibility index (Phi) is 3.83. The minimum atomic E-state index is -0.503. The number of thiophene rings is 1. The van der Waals surface area contributed by atoms with Crippen LogP contribution in [0.5, 0.6) is 0 Å². The first-order valence-electron chi connectivity index (χ1n) is 7.33. The van der Waals surface area contributed by atoms with Gasteiger partial charge in [0.25, 0.3) is 5.91 Å². The predicted octanol–water partition coefficient (Wildman–Crippen LogP) is 3.48. The van der Waals surface area contributed by atoms with Crippen molar-refractivity contribution < 1.29 is 9.59 Å². The van der Waals surface area contributed by atoms with Gasteiger partial charge in [0, 0.05) is 22.8 Å². The zero-order chi connectivity index (χ0) is 17.4. The molecule has 8 heteroatoms. The van der Waals surface area contributed by atoms with Crippen molar-refractivity contribution in [2.75, 3.05) is 5.32 Å². The van der Waals surface area contributed by atoms with Crippen molar-refractivity contribution in [2.45, 2.75) is 0 Å². The summed E-state index contributed by atoms with van der Waals surface area (Å²) in [5.74, 6) is -0.745. The Bertz CT molecular complexity index is 1060. The molecule has 3 aromatic heterocycles. The predicted molar refractivity (Wildman–Crippen MR) is 99.3 cm³/mol. The second kappa shape index (κ2) is 6.15. The average Bonchev–Trinajstić information content (AvgIpc) is 3.31. The van der Waals surface area contributed by atoms with Crippen LogP contribution < -0.4 is 11.1 Å². The Balaban J connectivity index is 1.60. The molecule has 4 rings (SSSR count). The van der Waals surface area contributed by atoms with Crippen molar-refractivity contribution in [1.29, 1.82) is 0 Å². The number of amides is 2. The Morgan fingerprint density at radius 2 is 1.92 bits per heavy atom. The summed E-state index contributed by atoms with van der Waals surface area (Å²) in [5.41, 5.74) is 7.56. The standard InChI is InChI=1S/C17H12N4O2S2/c18-15(22)10-3-5-11(6-4-10)19-16(23)13-9-25-17-20-12(8-21(13)17)14-2-1-7-24-14/h1-9H,(H2,18,22)(H,19,23). The number of benzene rings is 1. The number of rotatable bonds is 4. The molecule has 0 saturated heterocycles. The van der Waals surface area contributed by atoms with E-state index in [1.807, 2.05) is 23.7 Å². The molecule has 0 aliphatic rings. The molecule has 0 aliphatic heterocycles. The topological polar surface area (TPSA) is 89.5 Å². The second-order valence-corrected chi connectivity index (χ2v) is 7.06. The summed E-state index contributed by atoms with van der Waals surface area (Å²) in [4.78, 5) is 30.0. The number of primary amides is 1. The molecule has 0 aliphatic carbocycles. The first-order chi connectivity index (χ1) is 12.1. The molecule has 3 N–H and O–H groups in total. The monoisotopic (exact) mass is 368 g/mol. The van der Waals surface area contributed by atoms with E-state index in [-0.39, 0.29) is 5.91 Å². The Hall–Kier alpha value is -2.97. The SMILES string of the molecule is NC(=O)c1ccc(NC(=O)c2csc3nc(-c4cccs4)cn23)cc1. The first-order valence-corrected chi connectivity index (χ1v) is 9.09. The molecule has 0 bridgehead atoms. The van der Waals surface area contributed by atoms with Gasteiger partial charge in [0.15, 0.2) is 4.96 Å². The van der Waals surface area contributed by atoms with Crippen LogP contribution in [0.25, 0.3) is 15.5 Å². The number of thiazole rings is 1. The number of hydrogen-bond donors (Lipinski definition) is 2. The number of carbonyl (C=O) groups is 2. The maximum Gasteiger partial charge on any atom is 0.273 e. The third-order valence-corrected chi connectivity index (χ3v) is 5.37. The maximum atomic E-state index is 12.6. The van der Waals surface area contributed by atoms with E-state index in [1.165, 1.54) is 11.3 Å². The van der Waals surface area contributed by atoms with Crippen LogP contribution >= 0.6 is 22.7 Å². The van der Waals surface area contributed by atoms with E-state index in [4.69, 9.17) is 5.73 Å². The molecule has 2 amide bonds. The number of nitrogens with one attached hydrogen (secondary N) is 1. The van der Waals surface area contributed by atoms with E-state index < -0.39 is 5.91 Å². The van der Waals surface area contributed by atoms with Gasteiger partial charge in [-0.15, -0.1) is 22.7 Å². The maximum absolute atomic E-state index is 12.6. The van der Waals surface area contributed by atoms with Crippen molar-refractivity contribution in [2.24, 2.45) is 5.73 Å². The summed E-state index contributed by atoms with van der Waals surface area (Å²) >= 11 is 3.02. The van der Waals surface area contributed by atoms with Crippen LogP contribution in [0.3, 0.4) is 0 Å². The molecule has 0 saturated carbocycles. The smallest absolute Gasteiger partial charge is 0.273 e. The van der Waals surface area contributed by atoms with Gasteiger partial charge in [0.1, 0.15) is 11.4 Å².